The van der Waals surface area contributed by atoms with Crippen LogP contribution in [-0.4, -0.2) is 6.15 Å². The Labute approximate surface area is 240 Å². The first-order chi connectivity index (χ1) is 16.0. The van der Waals surface area contributed by atoms with Gasteiger partial charge in [0.1, 0.15) is 0 Å². The minimum absolute atomic E-state index is 0.655. The fourth-order valence-electron chi connectivity index (χ4n) is 6.56. The van der Waals surface area contributed by atoms with Crippen LogP contribution >= 0.6 is 69.6 Å². The fraction of sp³-hybridized carbons (Fsp3) is 0.357. The Balaban J connectivity index is 2.78. The van der Waals surface area contributed by atoms with Crippen LogP contribution in [0.4, 0.5) is 0 Å². The highest BCUT2D eigenvalue weighted by molar-refractivity contribution is 7.12. The van der Waals surface area contributed by atoms with Crippen LogP contribution in [0, 0.1) is 62.3 Å². The molecule has 0 saturated heterocycles. The normalized spacial score (nSPS) is 12.0. The molecular weight excluding hydrogens is 560 g/mol. The van der Waals surface area contributed by atoms with E-state index in [0.717, 1.165) is 66.5 Å². The third-order valence-corrected chi connectivity index (χ3v) is 11.5. The van der Waals surface area contributed by atoms with Gasteiger partial charge in [0.2, 0.25) is 0 Å². The predicted molar refractivity (Wildman–Crippen MR) is 163 cm³/mol. The molecule has 0 heterocycles. The molecule has 0 atom stereocenters. The largest absolute Gasteiger partial charge is 0.191 e. The van der Waals surface area contributed by atoms with Crippen molar-refractivity contribution in [1.82, 2.24) is 0 Å². The minimum atomic E-state index is -1.73. The van der Waals surface area contributed by atoms with E-state index in [9.17, 15) is 0 Å². The Hall–Kier alpha value is -0.535. The monoisotopic (exact) mass is 587 g/mol. The molecule has 0 aliphatic carbocycles. The summed E-state index contributed by atoms with van der Waals surface area (Å²) in [5.41, 5.74) is 11.7. The summed E-state index contributed by atoms with van der Waals surface area (Å²) in [6.07, 6.45) is -1.73. The smallest absolute Gasteiger partial charge is 0.0811 e. The van der Waals surface area contributed by atoms with Gasteiger partial charge >= 0.3 is 0 Å². The summed E-state index contributed by atoms with van der Waals surface area (Å²) in [4.78, 5) is 0. The Morgan fingerprint density at radius 1 is 0.314 bits per heavy atom. The molecule has 0 nitrogen and oxygen atoms in total. The van der Waals surface area contributed by atoms with E-state index >= 15 is 0 Å². The topological polar surface area (TPSA) is 0 Å². The predicted octanol–water partition coefficient (Wildman–Crippen LogP) is 9.48. The second-order valence-corrected chi connectivity index (χ2v) is 12.3. The van der Waals surface area contributed by atoms with Gasteiger partial charge in [0, 0.05) is 30.1 Å². The molecular formula is C28H30BCl6-. The van der Waals surface area contributed by atoms with Crippen molar-refractivity contribution in [3.63, 3.8) is 0 Å². The van der Waals surface area contributed by atoms with Crippen molar-refractivity contribution in [1.29, 1.82) is 0 Å². The number of rotatable bonds is 3. The summed E-state index contributed by atoms with van der Waals surface area (Å²) in [6.45, 7) is 20.4. The van der Waals surface area contributed by atoms with Gasteiger partial charge in [-0.3, -0.25) is 0 Å². The highest BCUT2D eigenvalue weighted by atomic mass is 35.5. The Morgan fingerprint density at radius 2 is 0.457 bits per heavy atom. The summed E-state index contributed by atoms with van der Waals surface area (Å²) in [7, 11) is 0. The van der Waals surface area contributed by atoms with Crippen LogP contribution in [-0.2, 0) is 0 Å². The van der Waals surface area contributed by atoms with Gasteiger partial charge in [0.05, 0.1) is 6.15 Å². The average Bonchev–Trinajstić information content (AvgIpc) is 2.81. The fourth-order valence-corrected chi connectivity index (χ4v) is 7.88. The first-order valence-corrected chi connectivity index (χ1v) is 13.8. The highest BCUT2D eigenvalue weighted by Crippen LogP contribution is 2.37. The second-order valence-electron chi connectivity index (χ2n) is 10.0. The van der Waals surface area contributed by atoms with Crippen molar-refractivity contribution >= 4 is 92.1 Å². The first-order valence-electron chi connectivity index (χ1n) is 11.6. The molecule has 0 fully saturated rings. The number of hydrogen-bond donors (Lipinski definition) is 0. The summed E-state index contributed by atoms with van der Waals surface area (Å²) < 4.78 is 0. The van der Waals surface area contributed by atoms with Gasteiger partial charge in [0.15, 0.2) is 0 Å². The zero-order valence-corrected chi connectivity index (χ0v) is 26.4. The van der Waals surface area contributed by atoms with Crippen LogP contribution in [0.2, 0.25) is 37.0 Å². The van der Waals surface area contributed by atoms with Gasteiger partial charge in [-0.15, -0.1) is 0 Å². The van der Waals surface area contributed by atoms with E-state index in [1.807, 2.05) is 20.8 Å². The summed E-state index contributed by atoms with van der Waals surface area (Å²) >= 11 is 41.4. The van der Waals surface area contributed by atoms with E-state index < -0.39 is 6.15 Å². The van der Waals surface area contributed by atoms with Gasteiger partial charge < -0.3 is 0 Å². The lowest BCUT2D eigenvalue weighted by Gasteiger charge is -2.47. The highest BCUT2D eigenvalue weighted by Gasteiger charge is 2.36. The zero-order valence-electron chi connectivity index (χ0n) is 21.8. The van der Waals surface area contributed by atoms with Crippen molar-refractivity contribution < 1.29 is 0 Å². The quantitative estimate of drug-likeness (QED) is 0.267. The minimum Gasteiger partial charge on any atom is -0.191 e. The van der Waals surface area contributed by atoms with Crippen molar-refractivity contribution in [2.45, 2.75) is 69.1 Å². The van der Waals surface area contributed by atoms with Gasteiger partial charge in [-0.2, -0.15) is 23.2 Å². The van der Waals surface area contributed by atoms with Gasteiger partial charge in [-0.1, -0.05) is 103 Å². The molecule has 3 aromatic carbocycles. The molecule has 3 rings (SSSR count). The van der Waals surface area contributed by atoms with E-state index in [0.29, 0.717) is 30.1 Å². The van der Waals surface area contributed by atoms with Crippen LogP contribution in [0.25, 0.3) is 0 Å². The SMILES string of the molecule is Cc1c(Cl)c(C)c([B-](C)(c2c(C)c(Cl)c(C)c(Cl)c2C)c2c(C)c(Cl)c(C)c(Cl)c2C)c(C)c1Cl. The molecule has 188 valence electrons. The molecule has 0 spiro atoms. The van der Waals surface area contributed by atoms with Crippen LogP contribution in [0.5, 0.6) is 0 Å². The van der Waals surface area contributed by atoms with Crippen LogP contribution in [0.3, 0.4) is 0 Å². The first kappa shape index (κ1) is 29.0. The Bertz CT molecular complexity index is 1150. The Kier molecular flexibility index (Phi) is 8.27. The van der Waals surface area contributed by atoms with Crippen molar-refractivity contribution in [3.05, 3.63) is 80.2 Å². The summed E-state index contributed by atoms with van der Waals surface area (Å²) in [5.74, 6) is 0. The van der Waals surface area contributed by atoms with E-state index in [4.69, 9.17) is 69.6 Å². The molecule has 0 saturated carbocycles. The van der Waals surface area contributed by atoms with Crippen molar-refractivity contribution in [2.75, 3.05) is 0 Å². The molecule has 0 unspecified atom stereocenters. The Morgan fingerprint density at radius 3 is 0.600 bits per heavy atom. The second kappa shape index (κ2) is 9.97. The maximum atomic E-state index is 6.90. The van der Waals surface area contributed by atoms with E-state index in [1.165, 1.54) is 0 Å². The van der Waals surface area contributed by atoms with Crippen molar-refractivity contribution in [3.8, 4) is 0 Å². The van der Waals surface area contributed by atoms with Gasteiger partial charge in [-0.05, 0) is 79.0 Å². The van der Waals surface area contributed by atoms with Crippen molar-refractivity contribution in [2.24, 2.45) is 0 Å². The molecule has 0 radical (unpaired) electrons. The number of halogens is 6. The van der Waals surface area contributed by atoms with E-state index in [1.54, 1.807) is 0 Å². The molecule has 0 N–H and O–H groups in total. The molecule has 3 aromatic rings. The van der Waals surface area contributed by atoms with Gasteiger partial charge in [-0.25, -0.2) is 0 Å². The third-order valence-electron chi connectivity index (χ3n) is 8.11. The number of benzene rings is 3. The standard InChI is InChI=1S/C28H30BCl6/c1-11-20(12(2)24(31)17(7)23(11)30)29(10,21-13(3)25(32)18(8)26(33)14(21)4)22-15(5)27(34)19(9)28(35)16(22)6/h1-10H3/q-1. The molecule has 0 aliphatic rings. The average molecular weight is 590 g/mol. The molecule has 0 amide bonds. The maximum absolute atomic E-state index is 6.90. The molecule has 0 aliphatic heterocycles. The zero-order chi connectivity index (χ0) is 26.9. The third kappa shape index (κ3) is 4.14. The van der Waals surface area contributed by atoms with Gasteiger partial charge in [0.25, 0.3) is 0 Å². The molecule has 0 bridgehead atoms. The van der Waals surface area contributed by atoms with Crippen LogP contribution < -0.4 is 16.4 Å². The lowest BCUT2D eigenvalue weighted by molar-refractivity contribution is 1.31. The van der Waals surface area contributed by atoms with Crippen LogP contribution in [0.1, 0.15) is 50.1 Å². The molecule has 35 heavy (non-hydrogen) atoms. The van der Waals surface area contributed by atoms with Crippen LogP contribution in [0.15, 0.2) is 0 Å². The van der Waals surface area contributed by atoms with E-state index in [-0.39, 0.29) is 0 Å². The van der Waals surface area contributed by atoms with E-state index in [2.05, 4.69) is 48.4 Å². The molecule has 7 heteroatoms. The lowest BCUT2D eigenvalue weighted by Crippen LogP contribution is -2.69. The summed E-state index contributed by atoms with van der Waals surface area (Å²) in [5, 5.41) is 3.93. The summed E-state index contributed by atoms with van der Waals surface area (Å²) in [6, 6.07) is 0. The number of hydrogen-bond acceptors (Lipinski definition) is 0. The molecule has 0 aromatic heterocycles. The lowest BCUT2D eigenvalue weighted by atomic mass is 9.14. The maximum Gasteiger partial charge on any atom is 0.0811 e.